The average Bonchev–Trinajstić information content (AvgIpc) is 3.74. The number of aliphatic carboxylic acids is 1. The van der Waals surface area contributed by atoms with Gasteiger partial charge in [-0.15, -0.1) is 35.9 Å². The molecule has 4 rings (SSSR count). The molecule has 4 aliphatic rings. The summed E-state index contributed by atoms with van der Waals surface area (Å²) in [7, 11) is 3.80. The molecule has 4 fully saturated rings. The highest BCUT2D eigenvalue weighted by Crippen LogP contribution is 2.31. The second kappa shape index (κ2) is 29.1. The molecule has 17 nitrogen and oxygen atoms in total. The zero-order valence-electron chi connectivity index (χ0n) is 33.9. The lowest BCUT2D eigenvalue weighted by molar-refractivity contribution is -0.207. The van der Waals surface area contributed by atoms with E-state index in [1.54, 1.807) is 12.5 Å². The van der Waals surface area contributed by atoms with Gasteiger partial charge in [0.1, 0.15) is 65.7 Å². The van der Waals surface area contributed by atoms with Gasteiger partial charge in [0.05, 0.1) is 31.3 Å². The van der Waals surface area contributed by atoms with E-state index in [2.05, 4.69) is 19.2 Å². The number of nitrogens with zero attached hydrogens (tertiary/aromatic N) is 2. The second-order valence-corrected chi connectivity index (χ2v) is 16.9. The normalized spacial score (nSPS) is 36.5. The minimum atomic E-state index is -1.40. The summed E-state index contributed by atoms with van der Waals surface area (Å²) in [4.78, 5) is 27.4. The summed E-state index contributed by atoms with van der Waals surface area (Å²) in [5.41, 5.74) is 4.14. The van der Waals surface area contributed by atoms with Crippen LogP contribution in [0, 0.1) is 11.8 Å². The SMILES string of the molecule is CCC[C@@H]1C[C@@H](C(=O)N[C@H](CO)[C@H]2OC(SC)[C@H](O)[C@H](O)C2O)N(C)C1.CCC[C@@H]1C[C@@H](C(=O)O)N(C)C1.CSC1O[C@H]([C@H](N)CO)C(O)[C@@H](O)[C@H]1O.CSF.Cl. The Labute approximate surface area is 355 Å². The van der Waals surface area contributed by atoms with Crippen molar-refractivity contribution in [3.8, 4) is 0 Å². The van der Waals surface area contributed by atoms with Crippen LogP contribution in [0.1, 0.15) is 52.4 Å². The molecule has 16 atom stereocenters. The van der Waals surface area contributed by atoms with Crippen molar-refractivity contribution >= 4 is 60.0 Å². The molecule has 4 saturated heterocycles. The number of carbonyl (C=O) groups is 2. The molecule has 0 saturated carbocycles. The van der Waals surface area contributed by atoms with Gasteiger partial charge >= 0.3 is 5.97 Å². The Morgan fingerprint density at radius 1 is 0.754 bits per heavy atom. The third-order valence-corrected chi connectivity index (χ3v) is 12.2. The zero-order chi connectivity index (χ0) is 42.9. The number of aliphatic hydroxyl groups excluding tert-OH is 8. The molecule has 4 unspecified atom stereocenters. The molecular weight excluding hydrogens is 835 g/mol. The van der Waals surface area contributed by atoms with Crippen LogP contribution in [0.25, 0.3) is 0 Å². The minimum Gasteiger partial charge on any atom is -0.480 e. The van der Waals surface area contributed by atoms with E-state index < -0.39 is 84.4 Å². The zero-order valence-corrected chi connectivity index (χ0v) is 37.2. The van der Waals surface area contributed by atoms with Gasteiger partial charge in [-0.2, -0.15) is 3.89 Å². The van der Waals surface area contributed by atoms with E-state index in [1.165, 1.54) is 29.8 Å². The molecule has 0 spiro atoms. The van der Waals surface area contributed by atoms with Crippen LogP contribution in [0.3, 0.4) is 0 Å². The molecule has 0 aromatic carbocycles. The average molecular weight is 906 g/mol. The van der Waals surface area contributed by atoms with E-state index in [1.807, 2.05) is 23.9 Å². The van der Waals surface area contributed by atoms with Crippen LogP contribution in [-0.2, 0) is 19.1 Å². The van der Waals surface area contributed by atoms with Gasteiger partial charge in [-0.05, 0) is 64.1 Å². The van der Waals surface area contributed by atoms with Gasteiger partial charge in [-0.1, -0.05) is 26.7 Å². The standard InChI is InChI=1S/C17H32N2O6S.C9H17NO2.C8H17NO5S.CH3FS.ClH/c1-4-5-9-6-11(19(2)7-9)16(24)18-10(8-20)15-13(22)12(21)14(23)17(25-15)26-3;1-3-4-7-5-8(9(11)12)10(2)6-7;1-15-8-6(13)4(11)5(12)7(14-8)3(9)2-10;1-3-2;/h9-15,17,20-23H,4-8H2,1-3H3,(H,18,24);7-8H,3-6H2,1-2H3,(H,11,12);3-8,10-13H,2,9H2,1H3;1H3;1H/t9-,10-,11+,12-,13?,14-,15-,17?;7-,8+;3-,4-,5?,6-,7-,8?;;/m111../s1. The number of likely N-dealkylation sites (N-methyl/N-ethyl adjacent to an activating group) is 2. The van der Waals surface area contributed by atoms with Gasteiger partial charge in [0, 0.05) is 31.5 Å². The van der Waals surface area contributed by atoms with E-state index in [0.717, 1.165) is 51.6 Å². The maximum atomic E-state index is 12.7. The van der Waals surface area contributed by atoms with E-state index in [-0.39, 0.29) is 49.2 Å². The Morgan fingerprint density at radius 2 is 1.16 bits per heavy atom. The van der Waals surface area contributed by atoms with E-state index in [4.69, 9.17) is 25.4 Å². The highest BCUT2D eigenvalue weighted by molar-refractivity contribution is 7.99. The molecule has 4 aliphatic heterocycles. The highest BCUT2D eigenvalue weighted by atomic mass is 35.5. The fourth-order valence-electron chi connectivity index (χ4n) is 7.48. The minimum absolute atomic E-state index is 0. The number of carboxylic acid groups (broad SMARTS) is 1. The number of likely N-dealkylation sites (tertiary alicyclic amines) is 2. The van der Waals surface area contributed by atoms with Crippen molar-refractivity contribution in [2.24, 2.45) is 17.6 Å². The first kappa shape index (κ1) is 56.7. The van der Waals surface area contributed by atoms with Gasteiger partial charge in [-0.25, -0.2) is 0 Å². The summed E-state index contributed by atoms with van der Waals surface area (Å²) in [6.45, 7) is 5.29. The molecule has 22 heteroatoms. The van der Waals surface area contributed by atoms with Crippen LogP contribution in [0.4, 0.5) is 3.89 Å². The van der Waals surface area contributed by atoms with Crippen LogP contribution >= 0.6 is 48.1 Å². The lowest BCUT2D eigenvalue weighted by atomic mass is 9.94. The first-order valence-electron chi connectivity index (χ1n) is 18.9. The third kappa shape index (κ3) is 16.8. The summed E-state index contributed by atoms with van der Waals surface area (Å²) in [5, 5.41) is 89.0. The monoisotopic (exact) mass is 904 g/mol. The van der Waals surface area contributed by atoms with Crippen LogP contribution in [0.15, 0.2) is 0 Å². The summed E-state index contributed by atoms with van der Waals surface area (Å²) in [5.74, 6) is 0.183. The Balaban J connectivity index is 0.000000858. The van der Waals surface area contributed by atoms with Crippen LogP contribution in [0.2, 0.25) is 0 Å². The highest BCUT2D eigenvalue weighted by Gasteiger charge is 2.48. The second-order valence-electron chi connectivity index (χ2n) is 14.7. The molecule has 12 N–H and O–H groups in total. The van der Waals surface area contributed by atoms with Gasteiger partial charge in [-0.3, -0.25) is 19.4 Å². The van der Waals surface area contributed by atoms with Crippen molar-refractivity contribution in [1.29, 1.82) is 0 Å². The fraction of sp³-hybridized carbons (Fsp3) is 0.943. The molecule has 0 bridgehead atoms. The van der Waals surface area contributed by atoms with Crippen molar-refractivity contribution in [1.82, 2.24) is 15.1 Å². The first-order valence-corrected chi connectivity index (χ1v) is 22.6. The van der Waals surface area contributed by atoms with Gasteiger partial charge in [0.15, 0.2) is 0 Å². The molecule has 340 valence electrons. The molecule has 0 aromatic heterocycles. The van der Waals surface area contributed by atoms with Crippen molar-refractivity contribution in [2.45, 2.75) is 136 Å². The number of amides is 1. The van der Waals surface area contributed by atoms with Gasteiger partial charge in [0.2, 0.25) is 5.91 Å². The number of halogens is 2. The van der Waals surface area contributed by atoms with E-state index in [0.29, 0.717) is 11.8 Å². The number of ether oxygens (including phenoxy) is 2. The molecule has 0 aromatic rings. The lowest BCUT2D eigenvalue weighted by Gasteiger charge is -2.43. The molecule has 1 amide bonds. The van der Waals surface area contributed by atoms with Crippen LogP contribution < -0.4 is 11.1 Å². The number of hydrogen-bond acceptors (Lipinski definition) is 18. The van der Waals surface area contributed by atoms with E-state index in [9.17, 15) is 49.2 Å². The number of rotatable bonds is 13. The van der Waals surface area contributed by atoms with Gasteiger partial charge < -0.3 is 66.5 Å². The molecule has 57 heavy (non-hydrogen) atoms. The maximum Gasteiger partial charge on any atom is 0.320 e. The summed E-state index contributed by atoms with van der Waals surface area (Å²) in [6, 6.07) is -2.17. The Hall–Kier alpha value is -0.310. The number of aliphatic hydroxyl groups is 8. The third-order valence-electron chi connectivity index (χ3n) is 10.5. The number of hydrogen-bond donors (Lipinski definition) is 11. The van der Waals surface area contributed by atoms with Crippen LogP contribution in [0.5, 0.6) is 0 Å². The number of carboxylic acids is 1. The summed E-state index contributed by atoms with van der Waals surface area (Å²) >= 11 is 2.66. The number of carbonyl (C=O) groups excluding carboxylic acids is 1. The van der Waals surface area contributed by atoms with Crippen molar-refractivity contribution in [3.63, 3.8) is 0 Å². The summed E-state index contributed by atoms with van der Waals surface area (Å²) in [6.07, 6.45) is 1.19. The Bertz CT molecular complexity index is 1120. The number of nitrogens with two attached hydrogens (primary N) is 1. The number of thioether (sulfide) groups is 2. The van der Waals surface area contributed by atoms with Crippen LogP contribution in [-0.4, -0.2) is 211 Å². The molecular formula is C35H70ClFN4O13S3. The summed E-state index contributed by atoms with van der Waals surface area (Å²) < 4.78 is 21.2. The Morgan fingerprint density at radius 3 is 1.53 bits per heavy atom. The van der Waals surface area contributed by atoms with Gasteiger partial charge in [0.25, 0.3) is 0 Å². The predicted molar refractivity (Wildman–Crippen MR) is 223 cm³/mol. The molecule has 0 radical (unpaired) electrons. The smallest absolute Gasteiger partial charge is 0.320 e. The molecule has 4 heterocycles. The Kier molecular flexibility index (Phi) is 28.9. The largest absolute Gasteiger partial charge is 0.480 e. The fourth-order valence-corrected chi connectivity index (χ4v) is 8.84. The quantitative estimate of drug-likeness (QED) is 0.107. The van der Waals surface area contributed by atoms with Crippen molar-refractivity contribution < 1.29 is 68.9 Å². The van der Waals surface area contributed by atoms with Crippen molar-refractivity contribution in [2.75, 3.05) is 59.2 Å². The lowest BCUT2D eigenvalue weighted by Crippen LogP contribution is -2.64. The topological polar surface area (TPSA) is 279 Å². The first-order chi connectivity index (χ1) is 26.4. The number of nitrogens with one attached hydrogen (secondary N) is 1. The predicted octanol–water partition coefficient (Wildman–Crippen LogP) is -0.922. The van der Waals surface area contributed by atoms with Crippen molar-refractivity contribution in [3.05, 3.63) is 0 Å². The maximum absolute atomic E-state index is 12.7. The van der Waals surface area contributed by atoms with E-state index >= 15 is 0 Å². The molecule has 0 aliphatic carbocycles.